The van der Waals surface area contributed by atoms with Gasteiger partial charge in [0.25, 0.3) is 5.91 Å². The van der Waals surface area contributed by atoms with Crippen molar-refractivity contribution in [3.8, 4) is 0 Å². The van der Waals surface area contributed by atoms with Gasteiger partial charge < -0.3 is 4.90 Å². The number of carbonyl (C=O) groups excluding carboxylic acids is 1. The van der Waals surface area contributed by atoms with E-state index in [-0.39, 0.29) is 11.9 Å². The minimum atomic E-state index is -0.0484. The van der Waals surface area contributed by atoms with Gasteiger partial charge in [-0.05, 0) is 33.1 Å². The molecule has 7 heteroatoms. The van der Waals surface area contributed by atoms with Gasteiger partial charge in [0.05, 0.1) is 17.8 Å². The molecule has 0 radical (unpaired) electrons. The summed E-state index contributed by atoms with van der Waals surface area (Å²) in [5.41, 5.74) is 3.12. The van der Waals surface area contributed by atoms with E-state index in [1.807, 2.05) is 23.4 Å². The highest BCUT2D eigenvalue weighted by Crippen LogP contribution is 2.33. The lowest BCUT2D eigenvalue weighted by atomic mass is 10.1. The first-order valence-electron chi connectivity index (χ1n) is 7.76. The fourth-order valence-electron chi connectivity index (χ4n) is 3.08. The molecular weight excluding hydrogens is 282 g/mol. The lowest BCUT2D eigenvalue weighted by Crippen LogP contribution is -2.31. The lowest BCUT2D eigenvalue weighted by molar-refractivity contribution is 0.0729. The molecule has 0 N–H and O–H groups in total. The molecule has 2 aromatic rings. The van der Waals surface area contributed by atoms with Crippen LogP contribution in [0, 0.1) is 13.8 Å². The quantitative estimate of drug-likeness (QED) is 0.866. The van der Waals surface area contributed by atoms with Crippen molar-refractivity contribution in [1.82, 2.24) is 25.0 Å². The molecule has 0 aromatic carbocycles. The van der Waals surface area contributed by atoms with Crippen LogP contribution in [0.3, 0.4) is 0 Å². The van der Waals surface area contributed by atoms with Crippen LogP contribution in [0.5, 0.6) is 0 Å². The summed E-state index contributed by atoms with van der Waals surface area (Å²) in [4.78, 5) is 14.8. The van der Waals surface area contributed by atoms with Gasteiger partial charge in [-0.1, -0.05) is 17.2 Å². The number of amides is 1. The largest absolute Gasteiger partial charge is 0.330 e. The average molecular weight is 303 g/mol. The molecule has 1 fully saturated rings. The maximum absolute atomic E-state index is 12.9. The van der Waals surface area contributed by atoms with Crippen LogP contribution in [0.15, 0.2) is 10.8 Å². The van der Waals surface area contributed by atoms with Gasteiger partial charge in [-0.2, -0.15) is 5.10 Å². The summed E-state index contributed by atoms with van der Waals surface area (Å²) in [6.07, 6.45) is 4.52. The molecule has 1 aliphatic heterocycles. The van der Waals surface area contributed by atoms with Crippen LogP contribution in [0.1, 0.15) is 59.7 Å². The summed E-state index contributed by atoms with van der Waals surface area (Å²) in [5, 5.41) is 12.1. The number of aromatic nitrogens is 4. The molecule has 7 nitrogen and oxygen atoms in total. The van der Waals surface area contributed by atoms with Crippen LogP contribution in [-0.4, -0.2) is 37.4 Å². The van der Waals surface area contributed by atoms with E-state index in [0.717, 1.165) is 49.4 Å². The van der Waals surface area contributed by atoms with E-state index in [2.05, 4.69) is 22.3 Å². The zero-order valence-electron chi connectivity index (χ0n) is 13.2. The first kappa shape index (κ1) is 14.7. The Morgan fingerprint density at radius 3 is 2.91 bits per heavy atom. The number of nitrogens with zero attached hydrogens (tertiary/aromatic N) is 5. The third kappa shape index (κ3) is 2.40. The van der Waals surface area contributed by atoms with Gasteiger partial charge in [0.2, 0.25) is 0 Å². The molecule has 0 spiro atoms. The van der Waals surface area contributed by atoms with E-state index in [0.29, 0.717) is 5.56 Å². The molecule has 0 aliphatic carbocycles. The number of likely N-dealkylation sites (tertiary alicyclic amines) is 1. The number of hydrogen-bond acceptors (Lipinski definition) is 5. The standard InChI is InChI=1S/C15H21N5O2/c1-4-7-20-11(3)12(9-16-20)15(21)19-8-5-6-13(19)14-10(2)17-22-18-14/h9,13H,4-8H2,1-3H3. The van der Waals surface area contributed by atoms with Gasteiger partial charge in [-0.25, -0.2) is 4.63 Å². The van der Waals surface area contributed by atoms with Crippen LogP contribution in [-0.2, 0) is 6.54 Å². The van der Waals surface area contributed by atoms with Gasteiger partial charge in [0.15, 0.2) is 0 Å². The highest BCUT2D eigenvalue weighted by molar-refractivity contribution is 5.95. The SMILES string of the molecule is CCCn1ncc(C(=O)N2CCCC2c2nonc2C)c1C. The topological polar surface area (TPSA) is 77.0 Å². The molecular formula is C15H21N5O2. The molecule has 22 heavy (non-hydrogen) atoms. The van der Waals surface area contributed by atoms with Crippen molar-refractivity contribution in [1.29, 1.82) is 0 Å². The number of rotatable bonds is 4. The van der Waals surface area contributed by atoms with Crippen molar-refractivity contribution in [3.05, 3.63) is 28.8 Å². The summed E-state index contributed by atoms with van der Waals surface area (Å²) < 4.78 is 6.69. The molecule has 0 bridgehead atoms. The Balaban J connectivity index is 1.86. The Kier molecular flexibility index (Phi) is 3.96. The van der Waals surface area contributed by atoms with Crippen LogP contribution >= 0.6 is 0 Å². The average Bonchev–Trinajstić information content (AvgIpc) is 3.20. The fourth-order valence-corrected chi connectivity index (χ4v) is 3.08. The Hall–Kier alpha value is -2.18. The summed E-state index contributed by atoms with van der Waals surface area (Å²) in [7, 11) is 0. The minimum absolute atomic E-state index is 0.0183. The molecule has 1 atom stereocenters. The van der Waals surface area contributed by atoms with Crippen LogP contribution in [0.2, 0.25) is 0 Å². The first-order valence-corrected chi connectivity index (χ1v) is 7.76. The third-order valence-electron chi connectivity index (χ3n) is 4.29. The van der Waals surface area contributed by atoms with Gasteiger partial charge >= 0.3 is 0 Å². The van der Waals surface area contributed by atoms with E-state index in [1.165, 1.54) is 0 Å². The summed E-state index contributed by atoms with van der Waals surface area (Å²) in [6, 6.07) is -0.0484. The summed E-state index contributed by atoms with van der Waals surface area (Å²) in [6.45, 7) is 7.46. The van der Waals surface area contributed by atoms with E-state index in [1.54, 1.807) is 6.20 Å². The molecule has 3 rings (SSSR count). The predicted molar refractivity (Wildman–Crippen MR) is 79.3 cm³/mol. The van der Waals surface area contributed by atoms with Crippen LogP contribution in [0.25, 0.3) is 0 Å². The van der Waals surface area contributed by atoms with Crippen molar-refractivity contribution >= 4 is 5.91 Å². The Morgan fingerprint density at radius 1 is 1.41 bits per heavy atom. The normalized spacial score (nSPS) is 18.1. The third-order valence-corrected chi connectivity index (χ3v) is 4.29. The Bertz CT molecular complexity index is 675. The summed E-state index contributed by atoms with van der Waals surface area (Å²) >= 11 is 0. The second kappa shape index (κ2) is 5.90. The molecule has 1 saturated heterocycles. The smallest absolute Gasteiger partial charge is 0.257 e. The molecule has 1 aliphatic rings. The van der Waals surface area contributed by atoms with Crippen molar-refractivity contribution < 1.29 is 9.42 Å². The van der Waals surface area contributed by atoms with E-state index in [4.69, 9.17) is 4.63 Å². The lowest BCUT2D eigenvalue weighted by Gasteiger charge is -2.23. The summed E-state index contributed by atoms with van der Waals surface area (Å²) in [5.74, 6) is 0.0183. The monoisotopic (exact) mass is 303 g/mol. The Morgan fingerprint density at radius 2 is 2.23 bits per heavy atom. The molecule has 3 heterocycles. The second-order valence-electron chi connectivity index (χ2n) is 5.76. The van der Waals surface area contributed by atoms with Crippen molar-refractivity contribution in [2.75, 3.05) is 6.54 Å². The predicted octanol–water partition coefficient (Wildman–Crippen LogP) is 2.27. The number of hydrogen-bond donors (Lipinski definition) is 0. The zero-order chi connectivity index (χ0) is 15.7. The van der Waals surface area contributed by atoms with Gasteiger partial charge in [-0.3, -0.25) is 9.48 Å². The zero-order valence-corrected chi connectivity index (χ0v) is 13.2. The van der Waals surface area contributed by atoms with Crippen LogP contribution in [0.4, 0.5) is 0 Å². The maximum atomic E-state index is 12.9. The highest BCUT2D eigenvalue weighted by Gasteiger charge is 2.35. The van der Waals surface area contributed by atoms with Gasteiger partial charge in [-0.15, -0.1) is 0 Å². The fraction of sp³-hybridized carbons (Fsp3) is 0.600. The molecule has 1 amide bonds. The van der Waals surface area contributed by atoms with E-state index in [9.17, 15) is 4.79 Å². The van der Waals surface area contributed by atoms with Crippen molar-refractivity contribution in [2.45, 2.75) is 52.6 Å². The number of aryl methyl sites for hydroxylation is 2. The van der Waals surface area contributed by atoms with E-state index >= 15 is 0 Å². The van der Waals surface area contributed by atoms with Crippen molar-refractivity contribution in [2.24, 2.45) is 0 Å². The van der Waals surface area contributed by atoms with Crippen molar-refractivity contribution in [3.63, 3.8) is 0 Å². The molecule has 0 saturated carbocycles. The van der Waals surface area contributed by atoms with Gasteiger partial charge in [0, 0.05) is 18.8 Å². The first-order chi connectivity index (χ1) is 10.6. The minimum Gasteiger partial charge on any atom is -0.330 e. The van der Waals surface area contributed by atoms with E-state index < -0.39 is 0 Å². The van der Waals surface area contributed by atoms with Gasteiger partial charge in [0.1, 0.15) is 11.4 Å². The number of carbonyl (C=O) groups is 1. The molecule has 118 valence electrons. The highest BCUT2D eigenvalue weighted by atomic mass is 16.6. The second-order valence-corrected chi connectivity index (χ2v) is 5.76. The molecule has 1 unspecified atom stereocenters. The maximum Gasteiger partial charge on any atom is 0.257 e. The Labute approximate surface area is 129 Å². The van der Waals surface area contributed by atoms with Crippen LogP contribution < -0.4 is 0 Å². The molecule has 2 aromatic heterocycles.